The molecule has 1 aliphatic heterocycles. The molecule has 1 aliphatic rings. The van der Waals surface area contributed by atoms with E-state index in [1.165, 1.54) is 11.2 Å². The van der Waals surface area contributed by atoms with Gasteiger partial charge in [-0.25, -0.2) is 10.2 Å². The van der Waals surface area contributed by atoms with Crippen molar-refractivity contribution in [1.82, 2.24) is 15.2 Å². The minimum atomic E-state index is -0.398. The molecule has 0 radical (unpaired) electrons. The zero-order valence-electron chi connectivity index (χ0n) is 12.7. The van der Waals surface area contributed by atoms with Gasteiger partial charge in [0.15, 0.2) is 0 Å². The van der Waals surface area contributed by atoms with E-state index >= 15 is 0 Å². The van der Waals surface area contributed by atoms with Crippen molar-refractivity contribution in [3.63, 3.8) is 0 Å². The van der Waals surface area contributed by atoms with Gasteiger partial charge in [-0.2, -0.15) is 5.10 Å². The van der Waals surface area contributed by atoms with Crippen LogP contribution < -0.4 is 5.43 Å². The molecule has 2 rings (SSSR count). The van der Waals surface area contributed by atoms with Crippen LogP contribution in [0.25, 0.3) is 0 Å². The van der Waals surface area contributed by atoms with Crippen LogP contribution in [0.3, 0.4) is 0 Å². The number of carbonyl (C=O) groups excluding carboxylic acids is 2. The van der Waals surface area contributed by atoms with Crippen molar-refractivity contribution in [3.8, 4) is 0 Å². The third-order valence-corrected chi connectivity index (χ3v) is 3.18. The first kappa shape index (κ1) is 15.8. The molecule has 0 spiro atoms. The number of carbonyl (C=O) groups is 2. The first-order valence-corrected chi connectivity index (χ1v) is 7.01. The van der Waals surface area contributed by atoms with E-state index in [1.54, 1.807) is 4.90 Å². The molecule has 0 aromatic heterocycles. The molecule has 2 amide bonds. The molecule has 0 atom stereocenters. The van der Waals surface area contributed by atoms with E-state index in [4.69, 9.17) is 4.74 Å². The first-order valence-electron chi connectivity index (χ1n) is 7.01. The maximum Gasteiger partial charge on any atom is 0.410 e. The second-order valence-electron chi connectivity index (χ2n) is 5.33. The minimum Gasteiger partial charge on any atom is -0.445 e. The summed E-state index contributed by atoms with van der Waals surface area (Å²) >= 11 is 0. The lowest BCUT2D eigenvalue weighted by molar-refractivity contribution is -0.129. The van der Waals surface area contributed by atoms with E-state index in [9.17, 15) is 9.59 Å². The van der Waals surface area contributed by atoms with Crippen molar-refractivity contribution in [1.29, 1.82) is 0 Å². The minimum absolute atomic E-state index is 0.190. The Hall–Kier alpha value is -2.57. The number of nitrogens with zero attached hydrogens (tertiary/aromatic N) is 3. The summed E-state index contributed by atoms with van der Waals surface area (Å²) in [6.07, 6.45) is 1.10. The fraction of sp³-hybridized carbons (Fsp3) is 0.400. The normalized spacial score (nSPS) is 14.5. The van der Waals surface area contributed by atoms with Gasteiger partial charge in [0.25, 0.3) is 0 Å². The maximum absolute atomic E-state index is 11.8. The number of hydrogen-bond acceptors (Lipinski definition) is 4. The van der Waals surface area contributed by atoms with Gasteiger partial charge in [0.2, 0.25) is 5.91 Å². The van der Waals surface area contributed by atoms with E-state index in [1.807, 2.05) is 44.4 Å². The molecule has 1 aromatic rings. The monoisotopic (exact) mass is 304 g/mol. The number of nitrogens with one attached hydrogen (secondary N) is 1. The molecule has 1 fully saturated rings. The van der Waals surface area contributed by atoms with Crippen molar-refractivity contribution in [2.75, 3.05) is 27.2 Å². The van der Waals surface area contributed by atoms with Crippen LogP contribution in [0.5, 0.6) is 0 Å². The Labute approximate surface area is 129 Å². The molecule has 1 heterocycles. The lowest BCUT2D eigenvalue weighted by Gasteiger charge is -2.36. The van der Waals surface area contributed by atoms with E-state index in [-0.39, 0.29) is 18.4 Å². The topological polar surface area (TPSA) is 74.2 Å². The Morgan fingerprint density at radius 2 is 2.05 bits per heavy atom. The van der Waals surface area contributed by atoms with Crippen LogP contribution in [-0.4, -0.2) is 55.3 Å². The molecule has 1 aromatic carbocycles. The molecule has 7 heteroatoms. The van der Waals surface area contributed by atoms with Crippen molar-refractivity contribution in [2.45, 2.75) is 6.61 Å². The van der Waals surface area contributed by atoms with Crippen LogP contribution in [0.1, 0.15) is 5.56 Å². The molecular formula is C15H20N4O3. The number of amides is 2. The van der Waals surface area contributed by atoms with E-state index < -0.39 is 6.09 Å². The molecule has 0 unspecified atom stereocenters. The molecule has 0 aliphatic carbocycles. The smallest absolute Gasteiger partial charge is 0.410 e. The number of hydrogen-bond donors (Lipinski definition) is 1. The number of benzene rings is 1. The zero-order chi connectivity index (χ0) is 15.9. The van der Waals surface area contributed by atoms with E-state index in [0.29, 0.717) is 13.1 Å². The average Bonchev–Trinajstić information content (AvgIpc) is 2.44. The summed E-state index contributed by atoms with van der Waals surface area (Å²) in [5.74, 6) is -0.422. The second kappa shape index (κ2) is 7.44. The Balaban J connectivity index is 1.67. The first-order chi connectivity index (χ1) is 10.6. The summed E-state index contributed by atoms with van der Waals surface area (Å²) in [4.78, 5) is 26.8. The maximum atomic E-state index is 11.8. The summed E-state index contributed by atoms with van der Waals surface area (Å²) in [5, 5.41) is 3.79. The molecule has 7 nitrogen and oxygen atoms in total. The zero-order valence-corrected chi connectivity index (χ0v) is 12.7. The Morgan fingerprint density at radius 3 is 2.68 bits per heavy atom. The summed E-state index contributed by atoms with van der Waals surface area (Å²) in [7, 11) is 3.62. The molecule has 118 valence electrons. The third kappa shape index (κ3) is 4.47. The highest BCUT2D eigenvalue weighted by atomic mass is 16.6. The molecule has 22 heavy (non-hydrogen) atoms. The fourth-order valence-electron chi connectivity index (χ4n) is 1.90. The number of rotatable bonds is 5. The summed E-state index contributed by atoms with van der Waals surface area (Å²) in [5.41, 5.74) is 3.38. The van der Waals surface area contributed by atoms with Crippen molar-refractivity contribution < 1.29 is 14.3 Å². The van der Waals surface area contributed by atoms with E-state index in [2.05, 4.69) is 10.5 Å². The standard InChI is InChI=1S/C15H20N4O3/c1-18(2)11-16-17-14(20)13-8-19(9-13)15(21)22-10-12-6-4-3-5-7-12/h3-7,11,13H,8-10H2,1-2H3,(H,17,20)/b16-11+. The molecule has 0 saturated carbocycles. The Bertz CT molecular complexity index is 539. The summed E-state index contributed by atoms with van der Waals surface area (Å²) in [6.45, 7) is 0.952. The summed E-state index contributed by atoms with van der Waals surface area (Å²) in [6, 6.07) is 9.47. The quantitative estimate of drug-likeness (QED) is 0.498. The lowest BCUT2D eigenvalue weighted by atomic mass is 10.0. The van der Waals surface area contributed by atoms with Crippen molar-refractivity contribution in [3.05, 3.63) is 35.9 Å². The molecule has 1 N–H and O–H groups in total. The highest BCUT2D eigenvalue weighted by molar-refractivity contribution is 5.82. The largest absolute Gasteiger partial charge is 0.445 e. The predicted molar refractivity (Wildman–Crippen MR) is 82.0 cm³/mol. The average molecular weight is 304 g/mol. The van der Waals surface area contributed by atoms with Gasteiger partial charge in [0.05, 0.1) is 5.92 Å². The molecule has 1 saturated heterocycles. The van der Waals surface area contributed by atoms with Crippen LogP contribution in [0.4, 0.5) is 4.79 Å². The van der Waals surface area contributed by atoms with Gasteiger partial charge in [-0.1, -0.05) is 30.3 Å². The van der Waals surface area contributed by atoms with Crippen molar-refractivity contribution in [2.24, 2.45) is 11.0 Å². The van der Waals surface area contributed by atoms with Gasteiger partial charge in [0, 0.05) is 27.2 Å². The van der Waals surface area contributed by atoms with E-state index in [0.717, 1.165) is 5.56 Å². The Morgan fingerprint density at radius 1 is 1.36 bits per heavy atom. The van der Waals surface area contributed by atoms with Crippen LogP contribution in [-0.2, 0) is 16.1 Å². The molecular weight excluding hydrogens is 284 g/mol. The number of ether oxygens (including phenoxy) is 1. The van der Waals surface area contributed by atoms with Gasteiger partial charge < -0.3 is 14.5 Å². The lowest BCUT2D eigenvalue weighted by Crippen LogP contribution is -2.55. The van der Waals surface area contributed by atoms with Gasteiger partial charge in [0.1, 0.15) is 12.9 Å². The second-order valence-corrected chi connectivity index (χ2v) is 5.33. The summed E-state index contributed by atoms with van der Waals surface area (Å²) < 4.78 is 5.19. The fourth-order valence-corrected chi connectivity index (χ4v) is 1.90. The Kier molecular flexibility index (Phi) is 5.35. The van der Waals surface area contributed by atoms with Crippen LogP contribution in [0.15, 0.2) is 35.4 Å². The predicted octanol–water partition coefficient (Wildman–Crippen LogP) is 0.876. The van der Waals surface area contributed by atoms with Gasteiger partial charge >= 0.3 is 6.09 Å². The van der Waals surface area contributed by atoms with Crippen LogP contribution in [0.2, 0.25) is 0 Å². The SMILES string of the molecule is CN(C)/C=N/NC(=O)C1CN(C(=O)OCc2ccccc2)C1. The van der Waals surface area contributed by atoms with Gasteiger partial charge in [-0.3, -0.25) is 4.79 Å². The number of hydrazone groups is 1. The highest BCUT2D eigenvalue weighted by Gasteiger charge is 2.36. The van der Waals surface area contributed by atoms with Gasteiger partial charge in [-0.15, -0.1) is 0 Å². The van der Waals surface area contributed by atoms with Crippen molar-refractivity contribution >= 4 is 18.3 Å². The van der Waals surface area contributed by atoms with Crippen LogP contribution in [0, 0.1) is 5.92 Å². The third-order valence-electron chi connectivity index (χ3n) is 3.18. The molecule has 0 bridgehead atoms. The number of likely N-dealkylation sites (tertiary alicyclic amines) is 1. The van der Waals surface area contributed by atoms with Gasteiger partial charge in [-0.05, 0) is 5.56 Å². The van der Waals surface area contributed by atoms with Crippen LogP contribution >= 0.6 is 0 Å². The highest BCUT2D eigenvalue weighted by Crippen LogP contribution is 2.17.